The van der Waals surface area contributed by atoms with E-state index in [0.717, 1.165) is 0 Å². The van der Waals surface area contributed by atoms with Crippen LogP contribution in [0.1, 0.15) is 20.8 Å². The van der Waals surface area contributed by atoms with Gasteiger partial charge in [0.2, 0.25) is 0 Å². The maximum atomic E-state index is 8.27. The molecule has 0 bridgehead atoms. The number of nitriles is 2. The summed E-state index contributed by atoms with van der Waals surface area (Å²) < 4.78 is 0. The van der Waals surface area contributed by atoms with Crippen LogP contribution >= 0.6 is 0 Å². The van der Waals surface area contributed by atoms with E-state index in [-0.39, 0.29) is 11.1 Å². The van der Waals surface area contributed by atoms with E-state index in [9.17, 15) is 0 Å². The van der Waals surface area contributed by atoms with Crippen molar-refractivity contribution in [2.45, 2.75) is 20.8 Å². The molecular formula is C8H11N3O. The zero-order valence-corrected chi connectivity index (χ0v) is 7.46. The van der Waals surface area contributed by atoms with E-state index in [1.165, 1.54) is 0 Å². The summed E-state index contributed by atoms with van der Waals surface area (Å²) in [5.41, 5.74) is -0.265. The second kappa shape index (κ2) is 4.35. The fourth-order valence-corrected chi connectivity index (χ4v) is 0.356. The summed E-state index contributed by atoms with van der Waals surface area (Å²) in [6.45, 7) is 6.31. The molecule has 0 fully saturated rings. The lowest BCUT2D eigenvalue weighted by molar-refractivity contribution is 0.0777. The van der Waals surface area contributed by atoms with E-state index < -0.39 is 0 Å². The molecule has 0 aromatic rings. The summed E-state index contributed by atoms with van der Waals surface area (Å²) in [4.78, 5) is 4.78. The fourth-order valence-electron chi connectivity index (χ4n) is 0.356. The largest absolute Gasteiger partial charge is 0.394 e. The number of oxime groups is 1. The summed E-state index contributed by atoms with van der Waals surface area (Å²) in [6.07, 6.45) is 0. The molecule has 0 aromatic carbocycles. The average Bonchev–Trinajstić information content (AvgIpc) is 1.96. The predicted octanol–water partition coefficient (Wildman–Crippen LogP) is 1.45. The Balaban J connectivity index is 3.94. The minimum absolute atomic E-state index is 0.0144. The number of hydrogen-bond acceptors (Lipinski definition) is 4. The van der Waals surface area contributed by atoms with Gasteiger partial charge in [0.1, 0.15) is 18.7 Å². The molecule has 0 radical (unpaired) electrons. The molecule has 0 saturated heterocycles. The molecule has 0 amide bonds. The van der Waals surface area contributed by atoms with Crippen molar-refractivity contribution in [2.24, 2.45) is 10.6 Å². The van der Waals surface area contributed by atoms with Crippen molar-refractivity contribution in [1.82, 2.24) is 0 Å². The van der Waals surface area contributed by atoms with Crippen LogP contribution in [0.2, 0.25) is 0 Å². The Kier molecular flexibility index (Phi) is 3.79. The molecule has 0 rings (SSSR count). The van der Waals surface area contributed by atoms with Crippen LogP contribution in [-0.2, 0) is 4.84 Å². The van der Waals surface area contributed by atoms with Gasteiger partial charge in [-0.1, -0.05) is 25.9 Å². The topological polar surface area (TPSA) is 69.2 Å². The summed E-state index contributed by atoms with van der Waals surface area (Å²) in [6, 6.07) is 3.20. The highest BCUT2D eigenvalue weighted by atomic mass is 16.6. The third-order valence-electron chi connectivity index (χ3n) is 0.865. The smallest absolute Gasteiger partial charge is 0.256 e. The first-order valence-electron chi connectivity index (χ1n) is 3.50. The molecule has 0 unspecified atom stereocenters. The van der Waals surface area contributed by atoms with E-state index in [0.29, 0.717) is 6.61 Å². The molecule has 64 valence electrons. The highest BCUT2D eigenvalue weighted by molar-refractivity contribution is 6.09. The van der Waals surface area contributed by atoms with E-state index in [1.807, 2.05) is 20.8 Å². The van der Waals surface area contributed by atoms with Gasteiger partial charge in [-0.05, 0) is 5.41 Å². The van der Waals surface area contributed by atoms with E-state index in [2.05, 4.69) is 5.16 Å². The van der Waals surface area contributed by atoms with Gasteiger partial charge in [0, 0.05) is 0 Å². The van der Waals surface area contributed by atoms with Crippen molar-refractivity contribution >= 4 is 5.71 Å². The highest BCUT2D eigenvalue weighted by Gasteiger charge is 2.10. The lowest BCUT2D eigenvalue weighted by Crippen LogP contribution is -2.12. The van der Waals surface area contributed by atoms with Gasteiger partial charge in [-0.3, -0.25) is 0 Å². The van der Waals surface area contributed by atoms with Crippen molar-refractivity contribution in [2.75, 3.05) is 6.61 Å². The monoisotopic (exact) mass is 165 g/mol. The Hall–Kier alpha value is -1.55. The van der Waals surface area contributed by atoms with E-state index in [4.69, 9.17) is 15.4 Å². The van der Waals surface area contributed by atoms with Crippen LogP contribution < -0.4 is 0 Å². The Labute approximate surface area is 72.0 Å². The first-order chi connectivity index (χ1) is 5.49. The van der Waals surface area contributed by atoms with Crippen LogP contribution in [0.15, 0.2) is 5.16 Å². The molecule has 0 aliphatic carbocycles. The molecule has 4 heteroatoms. The Bertz CT molecular complexity index is 233. The lowest BCUT2D eigenvalue weighted by atomic mass is 9.99. The zero-order valence-electron chi connectivity index (χ0n) is 7.46. The molecule has 0 atom stereocenters. The second-order valence-electron chi connectivity index (χ2n) is 3.50. The summed E-state index contributed by atoms with van der Waals surface area (Å²) in [7, 11) is 0. The average molecular weight is 165 g/mol. The molecule has 0 saturated carbocycles. The van der Waals surface area contributed by atoms with Crippen molar-refractivity contribution < 1.29 is 4.84 Å². The fraction of sp³-hybridized carbons (Fsp3) is 0.625. The van der Waals surface area contributed by atoms with Gasteiger partial charge in [-0.15, -0.1) is 0 Å². The number of nitrogens with zero attached hydrogens (tertiary/aromatic N) is 3. The Morgan fingerprint density at radius 3 is 2.17 bits per heavy atom. The summed E-state index contributed by atoms with van der Waals surface area (Å²) in [5, 5.41) is 19.9. The van der Waals surface area contributed by atoms with Crippen LogP contribution in [0.3, 0.4) is 0 Å². The Morgan fingerprint density at radius 2 is 1.83 bits per heavy atom. The molecule has 0 N–H and O–H groups in total. The summed E-state index contributed by atoms with van der Waals surface area (Å²) in [5.74, 6) is 0. The van der Waals surface area contributed by atoms with Gasteiger partial charge in [0.05, 0.1) is 0 Å². The Morgan fingerprint density at radius 1 is 1.33 bits per heavy atom. The predicted molar refractivity (Wildman–Crippen MR) is 44.1 cm³/mol. The first kappa shape index (κ1) is 10.4. The van der Waals surface area contributed by atoms with Crippen molar-refractivity contribution in [3.8, 4) is 12.1 Å². The molecule has 0 aliphatic heterocycles. The SMILES string of the molecule is CC(C)(C)CON=C(C#N)C#N. The standard InChI is InChI=1S/C8H11N3O/c1-8(2,3)6-12-11-7(4-9)5-10/h6H2,1-3H3. The second-order valence-corrected chi connectivity index (χ2v) is 3.50. The van der Waals surface area contributed by atoms with Crippen molar-refractivity contribution in [1.29, 1.82) is 10.5 Å². The van der Waals surface area contributed by atoms with Crippen LogP contribution in [0.5, 0.6) is 0 Å². The van der Waals surface area contributed by atoms with Gasteiger partial charge in [-0.25, -0.2) is 0 Å². The molecule has 12 heavy (non-hydrogen) atoms. The van der Waals surface area contributed by atoms with Crippen LogP contribution in [0.4, 0.5) is 0 Å². The third kappa shape index (κ3) is 5.25. The number of rotatable bonds is 2. The maximum Gasteiger partial charge on any atom is 0.256 e. The van der Waals surface area contributed by atoms with Crippen LogP contribution in [-0.4, -0.2) is 12.3 Å². The minimum atomic E-state index is -0.251. The molecule has 4 nitrogen and oxygen atoms in total. The van der Waals surface area contributed by atoms with E-state index in [1.54, 1.807) is 12.1 Å². The zero-order chi connectivity index (χ0) is 9.61. The molecule has 0 aromatic heterocycles. The molecule has 0 spiro atoms. The molecular weight excluding hydrogens is 154 g/mol. The van der Waals surface area contributed by atoms with Crippen molar-refractivity contribution in [3.63, 3.8) is 0 Å². The van der Waals surface area contributed by atoms with Crippen LogP contribution in [0.25, 0.3) is 0 Å². The maximum absolute atomic E-state index is 8.27. The van der Waals surface area contributed by atoms with Gasteiger partial charge in [0.15, 0.2) is 0 Å². The van der Waals surface area contributed by atoms with Gasteiger partial charge in [0.25, 0.3) is 5.71 Å². The van der Waals surface area contributed by atoms with Gasteiger partial charge < -0.3 is 4.84 Å². The van der Waals surface area contributed by atoms with Crippen LogP contribution in [0, 0.1) is 28.1 Å². The normalized spacial score (nSPS) is 9.42. The summed E-state index contributed by atoms with van der Waals surface area (Å²) >= 11 is 0. The molecule has 0 heterocycles. The van der Waals surface area contributed by atoms with Gasteiger partial charge >= 0.3 is 0 Å². The molecule has 0 aliphatic rings. The minimum Gasteiger partial charge on any atom is -0.394 e. The lowest BCUT2D eigenvalue weighted by Gasteiger charge is -2.14. The highest BCUT2D eigenvalue weighted by Crippen LogP contribution is 2.12. The van der Waals surface area contributed by atoms with E-state index >= 15 is 0 Å². The third-order valence-corrected chi connectivity index (χ3v) is 0.865. The van der Waals surface area contributed by atoms with Gasteiger partial charge in [-0.2, -0.15) is 10.5 Å². The number of hydrogen-bond donors (Lipinski definition) is 0. The first-order valence-corrected chi connectivity index (χ1v) is 3.50. The quantitative estimate of drug-likeness (QED) is 0.459. The van der Waals surface area contributed by atoms with Crippen molar-refractivity contribution in [3.05, 3.63) is 0 Å².